The fraction of sp³-hybridized carbons (Fsp3) is 0.333. The summed E-state index contributed by atoms with van der Waals surface area (Å²) >= 11 is 1.41. The molecule has 36 heavy (non-hydrogen) atoms. The van der Waals surface area contributed by atoms with E-state index in [1.807, 2.05) is 75.4 Å². The SMILES string of the molecule is CC(C)(C)OC(=O)N(CCc1nc(C(=O)NCCc2ccccc2)cs1)Cc1nc2ccccc2[nH]1. The first-order valence-corrected chi connectivity index (χ1v) is 12.8. The molecule has 2 N–H and O–H groups in total. The van der Waals surface area contributed by atoms with Crippen LogP contribution in [-0.4, -0.2) is 50.5 Å². The number of nitrogens with zero attached hydrogens (tertiary/aromatic N) is 3. The third-order valence-electron chi connectivity index (χ3n) is 5.35. The van der Waals surface area contributed by atoms with Crippen LogP contribution >= 0.6 is 11.3 Å². The number of carbonyl (C=O) groups excluding carboxylic acids is 2. The second-order valence-corrected chi connectivity index (χ2v) is 10.4. The second-order valence-electron chi connectivity index (χ2n) is 9.47. The maximum Gasteiger partial charge on any atom is 0.410 e. The Morgan fingerprint density at radius 2 is 1.78 bits per heavy atom. The standard InChI is InChI=1S/C27H31N5O3S/c1-27(2,3)35-26(34)32(17-23-29-20-11-7-8-12-21(20)30-23)16-14-24-31-22(18-36-24)25(33)28-15-13-19-9-5-4-6-10-19/h4-12,18H,13-17H2,1-3H3,(H,28,33)(H,29,30). The molecule has 9 heteroatoms. The minimum Gasteiger partial charge on any atom is -0.444 e. The van der Waals surface area contributed by atoms with Crippen LogP contribution in [0.2, 0.25) is 0 Å². The van der Waals surface area contributed by atoms with Crippen LogP contribution in [0.1, 0.15) is 47.7 Å². The molecule has 0 aliphatic heterocycles. The van der Waals surface area contributed by atoms with E-state index in [1.54, 1.807) is 10.3 Å². The average molecular weight is 506 g/mol. The van der Waals surface area contributed by atoms with Gasteiger partial charge in [-0.05, 0) is 44.9 Å². The Morgan fingerprint density at radius 3 is 2.53 bits per heavy atom. The lowest BCUT2D eigenvalue weighted by Gasteiger charge is -2.26. The molecule has 2 amide bonds. The van der Waals surface area contributed by atoms with Gasteiger partial charge in [0.1, 0.15) is 17.1 Å². The van der Waals surface area contributed by atoms with Gasteiger partial charge < -0.3 is 19.9 Å². The Labute approximate surface area is 214 Å². The molecule has 4 aromatic rings. The Bertz CT molecular complexity index is 1280. The maximum absolute atomic E-state index is 12.9. The summed E-state index contributed by atoms with van der Waals surface area (Å²) in [6.07, 6.45) is 0.843. The maximum atomic E-state index is 12.9. The zero-order valence-electron chi connectivity index (χ0n) is 20.8. The van der Waals surface area contributed by atoms with Crippen LogP contribution in [0.25, 0.3) is 11.0 Å². The summed E-state index contributed by atoms with van der Waals surface area (Å²) in [6.45, 7) is 6.73. The van der Waals surface area contributed by atoms with Gasteiger partial charge in [-0.3, -0.25) is 4.79 Å². The lowest BCUT2D eigenvalue weighted by atomic mass is 10.1. The fourth-order valence-corrected chi connectivity index (χ4v) is 4.41. The van der Waals surface area contributed by atoms with Crippen LogP contribution in [-0.2, 0) is 24.1 Å². The Hall–Kier alpha value is -3.72. The molecule has 0 fully saturated rings. The number of nitrogens with one attached hydrogen (secondary N) is 2. The number of thiazole rings is 1. The third-order valence-corrected chi connectivity index (χ3v) is 6.26. The summed E-state index contributed by atoms with van der Waals surface area (Å²) in [7, 11) is 0. The van der Waals surface area contributed by atoms with Crippen molar-refractivity contribution in [1.29, 1.82) is 0 Å². The number of ether oxygens (including phenoxy) is 1. The van der Waals surface area contributed by atoms with Crippen LogP contribution in [0.3, 0.4) is 0 Å². The van der Waals surface area contributed by atoms with E-state index in [0.29, 0.717) is 31.0 Å². The summed E-state index contributed by atoms with van der Waals surface area (Å²) in [4.78, 5) is 39.4. The van der Waals surface area contributed by atoms with Crippen LogP contribution in [0.4, 0.5) is 4.79 Å². The highest BCUT2D eigenvalue weighted by molar-refractivity contribution is 7.09. The zero-order valence-corrected chi connectivity index (χ0v) is 21.6. The molecule has 188 valence electrons. The van der Waals surface area contributed by atoms with Crippen molar-refractivity contribution in [2.75, 3.05) is 13.1 Å². The fourth-order valence-electron chi connectivity index (χ4n) is 3.64. The molecule has 0 radical (unpaired) electrons. The molecule has 0 aliphatic carbocycles. The molecule has 0 spiro atoms. The van der Waals surface area contributed by atoms with E-state index in [2.05, 4.69) is 20.3 Å². The normalized spacial score (nSPS) is 11.4. The van der Waals surface area contributed by atoms with E-state index >= 15 is 0 Å². The van der Waals surface area contributed by atoms with Gasteiger partial charge in [0.2, 0.25) is 0 Å². The molecule has 4 rings (SSSR count). The molecule has 0 saturated carbocycles. The van der Waals surface area contributed by atoms with Gasteiger partial charge in [-0.15, -0.1) is 11.3 Å². The van der Waals surface area contributed by atoms with Crippen LogP contribution in [0.15, 0.2) is 60.0 Å². The molecular formula is C27H31N5O3S. The largest absolute Gasteiger partial charge is 0.444 e. The lowest BCUT2D eigenvalue weighted by Crippen LogP contribution is -2.38. The number of aromatic amines is 1. The molecular weight excluding hydrogens is 474 g/mol. The quantitative estimate of drug-likeness (QED) is 0.334. The number of benzene rings is 2. The third kappa shape index (κ3) is 7.14. The van der Waals surface area contributed by atoms with Gasteiger partial charge in [-0.1, -0.05) is 42.5 Å². The molecule has 0 unspecified atom stereocenters. The Kier molecular flexibility index (Phi) is 8.00. The van der Waals surface area contributed by atoms with Gasteiger partial charge in [0.25, 0.3) is 5.91 Å². The van der Waals surface area contributed by atoms with Crippen LogP contribution < -0.4 is 5.32 Å². The number of imidazole rings is 1. The van der Waals surface area contributed by atoms with E-state index in [4.69, 9.17) is 4.74 Å². The lowest BCUT2D eigenvalue weighted by molar-refractivity contribution is 0.0231. The number of amides is 2. The first kappa shape index (κ1) is 25.4. The number of hydrogen-bond donors (Lipinski definition) is 2. The summed E-state index contributed by atoms with van der Waals surface area (Å²) < 4.78 is 5.62. The Balaban J connectivity index is 1.36. The van der Waals surface area contributed by atoms with Gasteiger partial charge in [-0.25, -0.2) is 14.8 Å². The van der Waals surface area contributed by atoms with Crippen molar-refractivity contribution in [2.45, 2.75) is 45.8 Å². The van der Waals surface area contributed by atoms with E-state index < -0.39 is 11.7 Å². The Morgan fingerprint density at radius 1 is 1.03 bits per heavy atom. The topological polar surface area (TPSA) is 100 Å². The molecule has 0 aliphatic rings. The minimum absolute atomic E-state index is 0.195. The van der Waals surface area contributed by atoms with Crippen molar-refractivity contribution in [2.24, 2.45) is 0 Å². The first-order valence-electron chi connectivity index (χ1n) is 11.9. The monoisotopic (exact) mass is 505 g/mol. The van der Waals surface area contributed by atoms with Gasteiger partial charge >= 0.3 is 6.09 Å². The number of H-pyrrole nitrogens is 1. The van der Waals surface area contributed by atoms with E-state index in [0.717, 1.165) is 22.5 Å². The predicted octanol–water partition coefficient (Wildman–Crippen LogP) is 4.97. The first-order chi connectivity index (χ1) is 17.3. The van der Waals surface area contributed by atoms with Crippen molar-refractivity contribution >= 4 is 34.4 Å². The summed E-state index contributed by atoms with van der Waals surface area (Å²) in [5.41, 5.74) is 2.71. The molecule has 2 heterocycles. The van der Waals surface area contributed by atoms with Gasteiger partial charge in [0.05, 0.1) is 22.6 Å². The highest BCUT2D eigenvalue weighted by Crippen LogP contribution is 2.17. The van der Waals surface area contributed by atoms with Crippen molar-refractivity contribution in [3.63, 3.8) is 0 Å². The van der Waals surface area contributed by atoms with Crippen LogP contribution in [0, 0.1) is 0 Å². The number of para-hydroxylation sites is 2. The van der Waals surface area contributed by atoms with Gasteiger partial charge in [0, 0.05) is 24.9 Å². The summed E-state index contributed by atoms with van der Waals surface area (Å²) in [6, 6.07) is 17.8. The molecule has 2 aromatic heterocycles. The zero-order chi connectivity index (χ0) is 25.5. The molecule has 0 bridgehead atoms. The highest BCUT2D eigenvalue weighted by Gasteiger charge is 2.24. The van der Waals surface area contributed by atoms with Crippen molar-refractivity contribution in [1.82, 2.24) is 25.2 Å². The molecule has 0 saturated heterocycles. The smallest absolute Gasteiger partial charge is 0.410 e. The van der Waals surface area contributed by atoms with E-state index in [-0.39, 0.29) is 12.5 Å². The number of fused-ring (bicyclic) bond motifs is 1. The van der Waals surface area contributed by atoms with Crippen molar-refractivity contribution in [3.8, 4) is 0 Å². The number of hydrogen-bond acceptors (Lipinski definition) is 6. The highest BCUT2D eigenvalue weighted by atomic mass is 32.1. The summed E-state index contributed by atoms with van der Waals surface area (Å²) in [5.74, 6) is 0.486. The van der Waals surface area contributed by atoms with Gasteiger partial charge in [0.15, 0.2) is 0 Å². The average Bonchev–Trinajstić information content (AvgIpc) is 3.48. The number of carbonyl (C=O) groups is 2. The van der Waals surface area contributed by atoms with Crippen molar-refractivity contribution in [3.05, 3.63) is 82.1 Å². The van der Waals surface area contributed by atoms with Crippen molar-refractivity contribution < 1.29 is 14.3 Å². The number of aromatic nitrogens is 3. The molecule has 8 nitrogen and oxygen atoms in total. The predicted molar refractivity (Wildman–Crippen MR) is 141 cm³/mol. The molecule has 2 aromatic carbocycles. The van der Waals surface area contributed by atoms with E-state index in [9.17, 15) is 9.59 Å². The van der Waals surface area contributed by atoms with Gasteiger partial charge in [-0.2, -0.15) is 0 Å². The minimum atomic E-state index is -0.616. The summed E-state index contributed by atoms with van der Waals surface area (Å²) in [5, 5.41) is 5.46. The number of rotatable bonds is 9. The molecule has 0 atom stereocenters. The van der Waals surface area contributed by atoms with Crippen LogP contribution in [0.5, 0.6) is 0 Å². The van der Waals surface area contributed by atoms with E-state index in [1.165, 1.54) is 16.9 Å². The second kappa shape index (κ2) is 11.3.